The predicted molar refractivity (Wildman–Crippen MR) is 87.0 cm³/mol. The van der Waals surface area contributed by atoms with Crippen LogP contribution in [0.25, 0.3) is 0 Å². The fourth-order valence-corrected chi connectivity index (χ4v) is 2.29. The van der Waals surface area contributed by atoms with Gasteiger partial charge in [0, 0.05) is 20.1 Å². The van der Waals surface area contributed by atoms with Gasteiger partial charge >= 0.3 is 5.97 Å². The number of furan rings is 1. The van der Waals surface area contributed by atoms with Crippen LogP contribution < -0.4 is 0 Å². The summed E-state index contributed by atoms with van der Waals surface area (Å²) in [6, 6.07) is 3.12. The Morgan fingerprint density at radius 3 is 2.43 bits per heavy atom. The molecule has 0 aliphatic heterocycles. The van der Waals surface area contributed by atoms with Crippen molar-refractivity contribution in [2.24, 2.45) is 5.92 Å². The van der Waals surface area contributed by atoms with Crippen molar-refractivity contribution in [1.82, 2.24) is 9.80 Å². The summed E-state index contributed by atoms with van der Waals surface area (Å²) in [7, 11) is 1.50. The lowest BCUT2D eigenvalue weighted by Crippen LogP contribution is -2.43. The predicted octanol–water partition coefficient (Wildman–Crippen LogP) is 2.07. The van der Waals surface area contributed by atoms with Crippen molar-refractivity contribution in [1.29, 1.82) is 0 Å². The monoisotopic (exact) mass is 388 g/mol. The van der Waals surface area contributed by atoms with Gasteiger partial charge in [0.15, 0.2) is 10.4 Å². The Morgan fingerprint density at radius 1 is 1.30 bits per heavy atom. The van der Waals surface area contributed by atoms with Gasteiger partial charge in [-0.3, -0.25) is 14.4 Å². The molecule has 1 rings (SSSR count). The quantitative estimate of drug-likeness (QED) is 0.735. The molecule has 1 aromatic heterocycles. The highest BCUT2D eigenvalue weighted by Crippen LogP contribution is 2.15. The third-order valence-corrected chi connectivity index (χ3v) is 3.46. The number of hydrogen-bond acceptors (Lipinski definition) is 4. The summed E-state index contributed by atoms with van der Waals surface area (Å²) < 4.78 is 5.61. The zero-order chi connectivity index (χ0) is 17.6. The lowest BCUT2D eigenvalue weighted by Gasteiger charge is -2.26. The number of rotatable bonds is 8. The number of carbonyl (C=O) groups excluding carboxylic acids is 2. The number of amides is 2. The molecule has 0 saturated carbocycles. The van der Waals surface area contributed by atoms with Crippen LogP contribution in [0.15, 0.2) is 21.2 Å². The summed E-state index contributed by atoms with van der Waals surface area (Å²) in [6.07, 6.45) is -0.124. The molecule has 0 aliphatic carbocycles. The van der Waals surface area contributed by atoms with E-state index in [-0.39, 0.29) is 37.1 Å². The molecule has 0 aliphatic rings. The molecule has 1 aromatic rings. The van der Waals surface area contributed by atoms with Gasteiger partial charge in [-0.2, -0.15) is 0 Å². The number of halogens is 1. The van der Waals surface area contributed by atoms with Crippen LogP contribution in [0.1, 0.15) is 30.8 Å². The lowest BCUT2D eigenvalue weighted by atomic mass is 10.2. The van der Waals surface area contributed by atoms with E-state index in [4.69, 9.17) is 9.52 Å². The van der Waals surface area contributed by atoms with Crippen molar-refractivity contribution in [2.75, 3.05) is 26.7 Å². The van der Waals surface area contributed by atoms with Crippen LogP contribution in [0.4, 0.5) is 0 Å². The summed E-state index contributed by atoms with van der Waals surface area (Å²) >= 11 is 3.12. The Labute approximate surface area is 143 Å². The van der Waals surface area contributed by atoms with Crippen molar-refractivity contribution in [3.05, 3.63) is 22.6 Å². The number of carbonyl (C=O) groups is 3. The minimum Gasteiger partial charge on any atom is -0.481 e. The van der Waals surface area contributed by atoms with Gasteiger partial charge in [-0.05, 0) is 34.0 Å². The Morgan fingerprint density at radius 2 is 1.96 bits per heavy atom. The number of nitrogens with zero attached hydrogens (tertiary/aromatic N) is 2. The van der Waals surface area contributed by atoms with Crippen molar-refractivity contribution < 1.29 is 23.9 Å². The average molecular weight is 389 g/mol. The molecule has 0 radical (unpaired) electrons. The second kappa shape index (κ2) is 8.71. The number of carboxylic acids is 1. The van der Waals surface area contributed by atoms with E-state index in [1.54, 1.807) is 6.07 Å². The fourth-order valence-electron chi connectivity index (χ4n) is 1.98. The van der Waals surface area contributed by atoms with Crippen molar-refractivity contribution >= 4 is 33.7 Å². The largest absolute Gasteiger partial charge is 0.481 e. The molecule has 23 heavy (non-hydrogen) atoms. The number of aliphatic carboxylic acids is 1. The van der Waals surface area contributed by atoms with E-state index in [2.05, 4.69) is 15.9 Å². The maximum atomic E-state index is 12.3. The number of hydrogen-bond donors (Lipinski definition) is 1. The molecule has 2 amide bonds. The topological polar surface area (TPSA) is 91.1 Å². The van der Waals surface area contributed by atoms with Gasteiger partial charge in [0.2, 0.25) is 5.91 Å². The molecule has 1 N–H and O–H groups in total. The van der Waals surface area contributed by atoms with Crippen LogP contribution in [0.3, 0.4) is 0 Å². The maximum absolute atomic E-state index is 12.3. The molecular formula is C15H21BrN2O5. The molecule has 7 nitrogen and oxygen atoms in total. The first-order valence-electron chi connectivity index (χ1n) is 7.21. The molecule has 0 unspecified atom stereocenters. The van der Waals surface area contributed by atoms with Crippen LogP contribution in [-0.4, -0.2) is 59.4 Å². The highest BCUT2D eigenvalue weighted by Gasteiger charge is 2.22. The molecule has 0 atom stereocenters. The second-order valence-corrected chi connectivity index (χ2v) is 6.42. The van der Waals surface area contributed by atoms with E-state index >= 15 is 0 Å². The van der Waals surface area contributed by atoms with E-state index < -0.39 is 11.9 Å². The first kappa shape index (κ1) is 19.2. The summed E-state index contributed by atoms with van der Waals surface area (Å²) in [4.78, 5) is 37.9. The van der Waals surface area contributed by atoms with E-state index in [1.807, 2.05) is 13.8 Å². The number of likely N-dealkylation sites (N-methyl/N-ethyl adjacent to an activating group) is 1. The van der Waals surface area contributed by atoms with Gasteiger partial charge in [0.05, 0.1) is 13.0 Å². The molecule has 0 bridgehead atoms. The Kier molecular flexibility index (Phi) is 7.28. The van der Waals surface area contributed by atoms with E-state index in [1.165, 1.54) is 22.9 Å². The Bertz CT molecular complexity index is 570. The van der Waals surface area contributed by atoms with E-state index in [9.17, 15) is 14.4 Å². The molecule has 1 heterocycles. The molecule has 128 valence electrons. The SMILES string of the molecule is CC(C)CN(CCC(=O)O)C(=O)CN(C)C(=O)c1ccc(Br)o1. The minimum atomic E-state index is -0.962. The first-order chi connectivity index (χ1) is 10.7. The molecular weight excluding hydrogens is 368 g/mol. The molecule has 0 fully saturated rings. The average Bonchev–Trinajstić information content (AvgIpc) is 2.88. The standard InChI is InChI=1S/C15H21BrN2O5/c1-10(2)8-18(7-6-14(20)21)13(19)9-17(3)15(22)11-4-5-12(16)23-11/h4-5,10H,6-9H2,1-3H3,(H,20,21). The number of carboxylic acid groups (broad SMARTS) is 1. The summed E-state index contributed by atoms with van der Waals surface area (Å²) in [6.45, 7) is 4.32. The summed E-state index contributed by atoms with van der Waals surface area (Å²) in [5, 5.41) is 8.78. The highest BCUT2D eigenvalue weighted by molar-refractivity contribution is 9.10. The highest BCUT2D eigenvalue weighted by atomic mass is 79.9. The fraction of sp³-hybridized carbons (Fsp3) is 0.533. The second-order valence-electron chi connectivity index (χ2n) is 5.64. The third-order valence-electron chi connectivity index (χ3n) is 3.04. The van der Waals surface area contributed by atoms with E-state index in [0.29, 0.717) is 11.2 Å². The van der Waals surface area contributed by atoms with Crippen LogP contribution in [0.5, 0.6) is 0 Å². The molecule has 0 aromatic carbocycles. The molecule has 0 spiro atoms. The zero-order valence-corrected chi connectivity index (χ0v) is 15.0. The van der Waals surface area contributed by atoms with Crippen molar-refractivity contribution in [3.8, 4) is 0 Å². The van der Waals surface area contributed by atoms with Crippen molar-refractivity contribution in [2.45, 2.75) is 20.3 Å². The van der Waals surface area contributed by atoms with Gasteiger partial charge in [-0.25, -0.2) is 0 Å². The smallest absolute Gasteiger partial charge is 0.305 e. The van der Waals surface area contributed by atoms with Gasteiger partial charge in [0.1, 0.15) is 0 Å². The van der Waals surface area contributed by atoms with Gasteiger partial charge in [-0.1, -0.05) is 13.8 Å². The van der Waals surface area contributed by atoms with Crippen LogP contribution in [-0.2, 0) is 9.59 Å². The first-order valence-corrected chi connectivity index (χ1v) is 8.00. The Hall–Kier alpha value is -1.83. The normalized spacial score (nSPS) is 10.7. The van der Waals surface area contributed by atoms with Crippen LogP contribution in [0.2, 0.25) is 0 Å². The van der Waals surface area contributed by atoms with Crippen LogP contribution in [0, 0.1) is 5.92 Å². The molecule has 8 heteroatoms. The Balaban J connectivity index is 2.68. The van der Waals surface area contributed by atoms with Gasteiger partial charge in [-0.15, -0.1) is 0 Å². The lowest BCUT2D eigenvalue weighted by molar-refractivity contribution is -0.138. The van der Waals surface area contributed by atoms with Crippen molar-refractivity contribution in [3.63, 3.8) is 0 Å². The maximum Gasteiger partial charge on any atom is 0.305 e. The van der Waals surface area contributed by atoms with Crippen LogP contribution >= 0.6 is 15.9 Å². The summed E-state index contributed by atoms with van der Waals surface area (Å²) in [5.74, 6) is -1.33. The zero-order valence-electron chi connectivity index (χ0n) is 13.4. The van der Waals surface area contributed by atoms with E-state index in [0.717, 1.165) is 0 Å². The third kappa shape index (κ3) is 6.43. The van der Waals surface area contributed by atoms with Gasteiger partial charge in [0.25, 0.3) is 5.91 Å². The van der Waals surface area contributed by atoms with Gasteiger partial charge < -0.3 is 19.3 Å². The molecule has 0 saturated heterocycles. The minimum absolute atomic E-state index is 0.124. The summed E-state index contributed by atoms with van der Waals surface area (Å²) in [5.41, 5.74) is 0.